The van der Waals surface area contributed by atoms with Crippen LogP contribution in [0, 0.1) is 0 Å². The lowest BCUT2D eigenvalue weighted by Crippen LogP contribution is -2.29. The summed E-state index contributed by atoms with van der Waals surface area (Å²) >= 11 is 0. The molecule has 0 aromatic carbocycles. The van der Waals surface area contributed by atoms with Crippen molar-refractivity contribution in [1.29, 1.82) is 0 Å². The number of nitrogens with zero attached hydrogens (tertiary/aromatic N) is 1. The van der Waals surface area contributed by atoms with Gasteiger partial charge >= 0.3 is 0 Å². The predicted molar refractivity (Wildman–Crippen MR) is 85.6 cm³/mol. The highest BCUT2D eigenvalue weighted by Crippen LogP contribution is 2.03. The Labute approximate surface area is 132 Å². The van der Waals surface area contributed by atoms with Crippen LogP contribution in [0.25, 0.3) is 0 Å². The van der Waals surface area contributed by atoms with Crippen LogP contribution in [0.15, 0.2) is 36.2 Å². The molecule has 0 atom stereocenters. The topological polar surface area (TPSA) is 54.0 Å². The van der Waals surface area contributed by atoms with Crippen molar-refractivity contribution in [2.24, 2.45) is 0 Å². The zero-order valence-electron chi connectivity index (χ0n) is 11.3. The first-order chi connectivity index (χ1) is 8.84. The minimum atomic E-state index is 0. The van der Waals surface area contributed by atoms with Gasteiger partial charge in [0.05, 0.1) is 0 Å². The number of hydrogen-bond donors (Lipinski definition) is 2. The summed E-state index contributed by atoms with van der Waals surface area (Å²) in [6, 6.07) is 3.89. The molecule has 2 rings (SSSR count). The molecular weight excluding hydrogens is 297 g/mol. The second kappa shape index (κ2) is 10.7. The van der Waals surface area contributed by atoms with Crippen LogP contribution in [-0.2, 0) is 11.2 Å². The summed E-state index contributed by atoms with van der Waals surface area (Å²) in [5.74, 6) is 0.117. The number of aromatic nitrogens is 1. The third-order valence-corrected chi connectivity index (χ3v) is 3.06. The van der Waals surface area contributed by atoms with Gasteiger partial charge in [0.25, 0.3) is 0 Å². The lowest BCUT2D eigenvalue weighted by Gasteiger charge is -2.14. The standard InChI is InChI=1S/C14H19N3O.2ClH/c18-14(2-1-12-3-7-15-8-4-12)17-11-13-5-9-16-10-6-13;;/h3-5,7-8,16H,1-2,6,9-11H2,(H,17,18);2*1H. The van der Waals surface area contributed by atoms with E-state index < -0.39 is 0 Å². The van der Waals surface area contributed by atoms with Crippen molar-refractivity contribution < 1.29 is 4.79 Å². The zero-order valence-corrected chi connectivity index (χ0v) is 12.9. The van der Waals surface area contributed by atoms with E-state index in [1.165, 1.54) is 5.57 Å². The zero-order chi connectivity index (χ0) is 12.6. The summed E-state index contributed by atoms with van der Waals surface area (Å²) in [5.41, 5.74) is 2.48. The lowest BCUT2D eigenvalue weighted by atomic mass is 10.1. The van der Waals surface area contributed by atoms with E-state index in [9.17, 15) is 4.79 Å². The number of carbonyl (C=O) groups excluding carboxylic acids is 1. The number of nitrogens with one attached hydrogen (secondary N) is 2. The summed E-state index contributed by atoms with van der Waals surface area (Å²) in [7, 11) is 0. The molecule has 0 bridgehead atoms. The highest BCUT2D eigenvalue weighted by atomic mass is 35.5. The van der Waals surface area contributed by atoms with E-state index in [4.69, 9.17) is 0 Å². The van der Waals surface area contributed by atoms with Crippen molar-refractivity contribution in [3.05, 3.63) is 41.7 Å². The maximum absolute atomic E-state index is 11.7. The smallest absolute Gasteiger partial charge is 0.220 e. The van der Waals surface area contributed by atoms with Crippen LogP contribution in [0.5, 0.6) is 0 Å². The van der Waals surface area contributed by atoms with Gasteiger partial charge in [-0.25, -0.2) is 0 Å². The van der Waals surface area contributed by atoms with E-state index in [0.717, 1.165) is 31.5 Å². The molecule has 0 saturated heterocycles. The molecule has 0 saturated carbocycles. The van der Waals surface area contributed by atoms with Crippen LogP contribution in [0.2, 0.25) is 0 Å². The molecule has 1 aliphatic heterocycles. The van der Waals surface area contributed by atoms with Crippen molar-refractivity contribution in [2.45, 2.75) is 19.3 Å². The van der Waals surface area contributed by atoms with Crippen molar-refractivity contribution in [2.75, 3.05) is 19.6 Å². The van der Waals surface area contributed by atoms with Gasteiger partial charge in [0.15, 0.2) is 0 Å². The normalized spacial score (nSPS) is 13.5. The molecule has 1 amide bonds. The van der Waals surface area contributed by atoms with E-state index in [1.54, 1.807) is 12.4 Å². The molecule has 0 unspecified atom stereocenters. The van der Waals surface area contributed by atoms with Gasteiger partial charge in [-0.15, -0.1) is 24.8 Å². The Morgan fingerprint density at radius 2 is 2.05 bits per heavy atom. The Morgan fingerprint density at radius 1 is 1.30 bits per heavy atom. The van der Waals surface area contributed by atoms with Crippen LogP contribution in [-0.4, -0.2) is 30.5 Å². The van der Waals surface area contributed by atoms with Gasteiger partial charge in [-0.05, 0) is 37.1 Å². The van der Waals surface area contributed by atoms with Crippen LogP contribution in [0.4, 0.5) is 0 Å². The molecule has 4 nitrogen and oxygen atoms in total. The first kappa shape index (κ1) is 18.9. The Bertz CT molecular complexity index is 424. The van der Waals surface area contributed by atoms with Gasteiger partial charge in [-0.1, -0.05) is 11.6 Å². The summed E-state index contributed by atoms with van der Waals surface area (Å²) in [4.78, 5) is 15.6. The maximum Gasteiger partial charge on any atom is 0.220 e. The van der Waals surface area contributed by atoms with E-state index in [0.29, 0.717) is 13.0 Å². The summed E-state index contributed by atoms with van der Waals surface area (Å²) < 4.78 is 0. The minimum Gasteiger partial charge on any atom is -0.352 e. The molecule has 1 aliphatic rings. The monoisotopic (exact) mass is 317 g/mol. The van der Waals surface area contributed by atoms with Crippen LogP contribution in [0.1, 0.15) is 18.4 Å². The average Bonchev–Trinajstić information content (AvgIpc) is 2.45. The van der Waals surface area contributed by atoms with E-state index >= 15 is 0 Å². The summed E-state index contributed by atoms with van der Waals surface area (Å²) in [6.45, 7) is 2.62. The molecule has 0 aliphatic carbocycles. The maximum atomic E-state index is 11.7. The van der Waals surface area contributed by atoms with Gasteiger partial charge in [0.2, 0.25) is 5.91 Å². The average molecular weight is 318 g/mol. The van der Waals surface area contributed by atoms with Gasteiger partial charge in [-0.3, -0.25) is 9.78 Å². The lowest BCUT2D eigenvalue weighted by molar-refractivity contribution is -0.120. The van der Waals surface area contributed by atoms with Crippen molar-refractivity contribution in [3.63, 3.8) is 0 Å². The molecule has 6 heteroatoms. The third kappa shape index (κ3) is 6.89. The second-order valence-corrected chi connectivity index (χ2v) is 4.45. The highest BCUT2D eigenvalue weighted by Gasteiger charge is 2.05. The van der Waals surface area contributed by atoms with Gasteiger partial charge in [0, 0.05) is 31.9 Å². The Balaban J connectivity index is 0.00000180. The van der Waals surface area contributed by atoms with Gasteiger partial charge in [0.1, 0.15) is 0 Å². The van der Waals surface area contributed by atoms with Crippen LogP contribution < -0.4 is 10.6 Å². The molecule has 0 radical (unpaired) electrons. The SMILES string of the molecule is Cl.Cl.O=C(CCc1ccncc1)NCC1=CCNCC1. The molecule has 0 spiro atoms. The molecular formula is C14H21Cl2N3O. The van der Waals surface area contributed by atoms with Crippen LogP contribution in [0.3, 0.4) is 0 Å². The van der Waals surface area contributed by atoms with Crippen molar-refractivity contribution in [1.82, 2.24) is 15.6 Å². The molecule has 2 N–H and O–H groups in total. The number of aryl methyl sites for hydroxylation is 1. The summed E-state index contributed by atoms with van der Waals surface area (Å²) in [5, 5.41) is 6.23. The third-order valence-electron chi connectivity index (χ3n) is 3.06. The van der Waals surface area contributed by atoms with E-state index in [-0.39, 0.29) is 30.7 Å². The van der Waals surface area contributed by atoms with Crippen LogP contribution >= 0.6 is 24.8 Å². The number of amides is 1. The van der Waals surface area contributed by atoms with E-state index in [2.05, 4.69) is 21.7 Å². The molecule has 20 heavy (non-hydrogen) atoms. The molecule has 112 valence electrons. The Hall–Kier alpha value is -1.10. The summed E-state index contributed by atoms with van der Waals surface area (Å²) in [6.07, 6.45) is 8.02. The largest absolute Gasteiger partial charge is 0.352 e. The Morgan fingerprint density at radius 3 is 2.70 bits per heavy atom. The fourth-order valence-electron chi connectivity index (χ4n) is 1.94. The van der Waals surface area contributed by atoms with Crippen molar-refractivity contribution >= 4 is 30.7 Å². The van der Waals surface area contributed by atoms with Gasteiger partial charge < -0.3 is 10.6 Å². The quantitative estimate of drug-likeness (QED) is 0.815. The number of hydrogen-bond acceptors (Lipinski definition) is 3. The number of carbonyl (C=O) groups is 1. The van der Waals surface area contributed by atoms with Gasteiger partial charge in [-0.2, -0.15) is 0 Å². The minimum absolute atomic E-state index is 0. The first-order valence-electron chi connectivity index (χ1n) is 6.39. The fraction of sp³-hybridized carbons (Fsp3) is 0.429. The fourth-order valence-corrected chi connectivity index (χ4v) is 1.94. The number of pyridine rings is 1. The van der Waals surface area contributed by atoms with Crippen molar-refractivity contribution in [3.8, 4) is 0 Å². The van der Waals surface area contributed by atoms with E-state index in [1.807, 2.05) is 12.1 Å². The molecule has 0 fully saturated rings. The molecule has 2 heterocycles. The molecule has 1 aromatic heterocycles. The number of halogens is 2. The first-order valence-corrected chi connectivity index (χ1v) is 6.39. The predicted octanol–water partition coefficient (Wildman–Crippen LogP) is 1.89. The highest BCUT2D eigenvalue weighted by molar-refractivity contribution is 5.85. The Kier molecular flexibility index (Phi) is 10.1. The number of rotatable bonds is 5. The molecule has 1 aromatic rings. The second-order valence-electron chi connectivity index (χ2n) is 4.45.